The summed E-state index contributed by atoms with van der Waals surface area (Å²) in [6.07, 6.45) is 2.98. The van der Waals surface area contributed by atoms with Crippen LogP contribution >= 0.6 is 0 Å². The first-order valence-corrected chi connectivity index (χ1v) is 13.4. The highest BCUT2D eigenvalue weighted by molar-refractivity contribution is 5.95. The number of amides is 2. The molecule has 11 heteroatoms. The number of hydrogen-bond donors (Lipinski definition) is 4. The minimum absolute atomic E-state index is 0.124. The lowest BCUT2D eigenvalue weighted by Crippen LogP contribution is -2.40. The Balaban J connectivity index is 1.53. The van der Waals surface area contributed by atoms with Crippen LogP contribution in [0.15, 0.2) is 48.7 Å². The minimum atomic E-state index is -0.782. The second kappa shape index (κ2) is 11.3. The predicted molar refractivity (Wildman–Crippen MR) is 148 cm³/mol. The van der Waals surface area contributed by atoms with Crippen molar-refractivity contribution in [1.29, 1.82) is 5.26 Å². The molecule has 4 N–H and O–H groups in total. The van der Waals surface area contributed by atoms with Gasteiger partial charge in [-0.3, -0.25) is 9.59 Å². The topological polar surface area (TPSA) is 152 Å². The third kappa shape index (κ3) is 4.71. The fourth-order valence-electron chi connectivity index (χ4n) is 6.09. The Morgan fingerprint density at radius 2 is 1.77 bits per heavy atom. The molecule has 0 saturated carbocycles. The summed E-state index contributed by atoms with van der Waals surface area (Å²) in [5, 5.41) is 33.8. The van der Waals surface area contributed by atoms with E-state index in [0.29, 0.717) is 42.9 Å². The molecule has 11 nitrogen and oxygen atoms in total. The van der Waals surface area contributed by atoms with E-state index in [9.17, 15) is 14.9 Å². The zero-order valence-electron chi connectivity index (χ0n) is 22.8. The number of carbonyl (C=O) groups excluding carboxylic acids is 2. The summed E-state index contributed by atoms with van der Waals surface area (Å²) < 4.78 is 0. The van der Waals surface area contributed by atoms with Crippen LogP contribution in [0.25, 0.3) is 0 Å². The monoisotopic (exact) mass is 539 g/mol. The number of H-pyrrole nitrogens is 1. The Hall–Kier alpha value is -4.56. The second-order valence-corrected chi connectivity index (χ2v) is 10.2. The molecule has 0 spiro atoms. The van der Waals surface area contributed by atoms with Crippen molar-refractivity contribution in [2.75, 3.05) is 33.7 Å². The number of aromatic amines is 1. The maximum absolute atomic E-state index is 12.5. The molecule has 3 aromatic rings. The van der Waals surface area contributed by atoms with Gasteiger partial charge >= 0.3 is 0 Å². The quantitative estimate of drug-likeness (QED) is 0.300. The normalized spacial score (nSPS) is 16.9. The molecule has 206 valence electrons. The molecular formula is C29H33N9O2. The number of rotatable bonds is 9. The summed E-state index contributed by atoms with van der Waals surface area (Å²) in [6.45, 7) is 6.20. The maximum Gasteiger partial charge on any atom is 0.251 e. The van der Waals surface area contributed by atoms with E-state index in [4.69, 9.17) is 0 Å². The van der Waals surface area contributed by atoms with Crippen LogP contribution in [0.1, 0.15) is 68.1 Å². The summed E-state index contributed by atoms with van der Waals surface area (Å²) in [5.74, 6) is 0.172. The lowest BCUT2D eigenvalue weighted by molar-refractivity contribution is 0.0955. The van der Waals surface area contributed by atoms with E-state index in [1.54, 1.807) is 14.1 Å². The zero-order chi connectivity index (χ0) is 28.3. The number of likely N-dealkylation sites (tertiary alicyclic amines) is 1. The molecule has 1 unspecified atom stereocenters. The van der Waals surface area contributed by atoms with E-state index in [2.05, 4.69) is 54.1 Å². The Morgan fingerprint density at radius 1 is 1.12 bits per heavy atom. The number of nitrogens with zero attached hydrogens (tertiary/aromatic N) is 5. The number of tetrazole rings is 1. The lowest BCUT2D eigenvalue weighted by atomic mass is 9.63. The number of benzene rings is 2. The molecule has 1 fully saturated rings. The average molecular weight is 540 g/mol. The zero-order valence-corrected chi connectivity index (χ0v) is 22.8. The summed E-state index contributed by atoms with van der Waals surface area (Å²) in [7, 11) is 3.22. The highest BCUT2D eigenvalue weighted by Gasteiger charge is 2.45. The summed E-state index contributed by atoms with van der Waals surface area (Å²) in [6, 6.07) is 13.7. The van der Waals surface area contributed by atoms with Crippen LogP contribution in [-0.2, 0) is 11.8 Å². The molecule has 2 heterocycles. The van der Waals surface area contributed by atoms with Crippen molar-refractivity contribution in [1.82, 2.24) is 41.5 Å². The van der Waals surface area contributed by atoms with E-state index in [1.807, 2.05) is 36.4 Å². The molecule has 1 aromatic heterocycles. The largest absolute Gasteiger partial charge is 0.358 e. The van der Waals surface area contributed by atoms with Crippen molar-refractivity contribution in [2.24, 2.45) is 0 Å². The third-order valence-electron chi connectivity index (χ3n) is 8.03. The number of nitriles is 1. The van der Waals surface area contributed by atoms with Gasteiger partial charge in [0.2, 0.25) is 0 Å². The molecule has 2 amide bonds. The fourth-order valence-corrected chi connectivity index (χ4v) is 6.09. The van der Waals surface area contributed by atoms with Gasteiger partial charge < -0.3 is 20.9 Å². The van der Waals surface area contributed by atoms with E-state index < -0.39 is 5.41 Å². The van der Waals surface area contributed by atoms with Crippen LogP contribution in [0.5, 0.6) is 0 Å². The summed E-state index contributed by atoms with van der Waals surface area (Å²) >= 11 is 0. The molecule has 1 aliphatic heterocycles. The molecule has 1 atom stereocenters. The van der Waals surface area contributed by atoms with Crippen LogP contribution in [0.2, 0.25) is 0 Å². The summed E-state index contributed by atoms with van der Waals surface area (Å²) in [5.41, 5.74) is 5.14. The van der Waals surface area contributed by atoms with E-state index >= 15 is 0 Å². The van der Waals surface area contributed by atoms with E-state index in [0.717, 1.165) is 47.3 Å². The third-order valence-corrected chi connectivity index (χ3v) is 8.03. The highest BCUT2D eigenvalue weighted by Crippen LogP contribution is 2.47. The van der Waals surface area contributed by atoms with Gasteiger partial charge in [0.15, 0.2) is 5.82 Å². The Bertz CT molecular complexity index is 1410. The van der Waals surface area contributed by atoms with Crippen LogP contribution in [0.4, 0.5) is 0 Å². The van der Waals surface area contributed by atoms with Gasteiger partial charge in [0.25, 0.3) is 11.8 Å². The molecular weight excluding hydrogens is 506 g/mol. The Kier molecular flexibility index (Phi) is 7.62. The number of nitrogens with one attached hydrogen (secondary N) is 4. The molecule has 1 saturated heterocycles. The maximum atomic E-state index is 12.5. The first-order valence-electron chi connectivity index (χ1n) is 13.4. The van der Waals surface area contributed by atoms with Crippen LogP contribution in [0.3, 0.4) is 0 Å². The first-order chi connectivity index (χ1) is 19.4. The van der Waals surface area contributed by atoms with Gasteiger partial charge in [0, 0.05) is 44.0 Å². The highest BCUT2D eigenvalue weighted by atomic mass is 16.2. The SMILES string of the molecule is C=C(CNCCC1(c2nn[nH]n2)c2ccc(C(=O)NC)cc2Cc2cc(C(=O)NC)ccc21)N1CCCC1C#N. The molecule has 0 bridgehead atoms. The van der Waals surface area contributed by atoms with Crippen LogP contribution in [-0.4, -0.2) is 77.1 Å². The first kappa shape index (κ1) is 27.0. The van der Waals surface area contributed by atoms with Gasteiger partial charge in [0.1, 0.15) is 6.04 Å². The summed E-state index contributed by atoms with van der Waals surface area (Å²) in [4.78, 5) is 27.1. The van der Waals surface area contributed by atoms with Crippen molar-refractivity contribution in [3.63, 3.8) is 0 Å². The minimum Gasteiger partial charge on any atom is -0.358 e. The van der Waals surface area contributed by atoms with Gasteiger partial charge in [-0.15, -0.1) is 10.2 Å². The molecule has 2 aromatic carbocycles. The number of aromatic nitrogens is 4. The predicted octanol–water partition coefficient (Wildman–Crippen LogP) is 1.64. The molecule has 2 aliphatic rings. The smallest absolute Gasteiger partial charge is 0.251 e. The molecule has 1 aliphatic carbocycles. The molecule has 40 heavy (non-hydrogen) atoms. The van der Waals surface area contributed by atoms with Crippen molar-refractivity contribution in [3.05, 3.63) is 87.9 Å². The lowest BCUT2D eigenvalue weighted by Gasteiger charge is -2.39. The Labute approximate surface area is 233 Å². The standard InChI is InChI=1S/C29H33N9O2/c1-18(38-12-4-5-23(38)16-30)17-33-11-10-29(28-34-36-37-35-28)24-8-6-19(26(39)31-2)13-21(24)15-22-14-20(27(40)32-3)7-9-25(22)29/h6-9,13-14,23,33H,1,4-5,10-12,15,17H2,2-3H3,(H,31,39)(H,32,40)(H,34,35,36,37). The number of fused-ring (bicyclic) bond motifs is 2. The van der Waals surface area contributed by atoms with Gasteiger partial charge in [-0.2, -0.15) is 10.5 Å². The number of carbonyl (C=O) groups is 2. The average Bonchev–Trinajstić information content (AvgIpc) is 3.70. The van der Waals surface area contributed by atoms with Crippen molar-refractivity contribution in [3.8, 4) is 6.07 Å². The van der Waals surface area contributed by atoms with Crippen molar-refractivity contribution < 1.29 is 9.59 Å². The second-order valence-electron chi connectivity index (χ2n) is 10.2. The van der Waals surface area contributed by atoms with Crippen molar-refractivity contribution in [2.45, 2.75) is 37.1 Å². The molecule has 5 rings (SSSR count). The van der Waals surface area contributed by atoms with Gasteiger partial charge in [-0.05, 0) is 78.7 Å². The van der Waals surface area contributed by atoms with E-state index in [1.165, 1.54) is 0 Å². The van der Waals surface area contributed by atoms with Gasteiger partial charge in [0.05, 0.1) is 11.5 Å². The molecule has 0 radical (unpaired) electrons. The van der Waals surface area contributed by atoms with Crippen molar-refractivity contribution >= 4 is 11.8 Å². The van der Waals surface area contributed by atoms with E-state index in [-0.39, 0.29) is 17.9 Å². The van der Waals surface area contributed by atoms with Crippen LogP contribution < -0.4 is 16.0 Å². The van der Waals surface area contributed by atoms with Gasteiger partial charge in [-0.25, -0.2) is 0 Å². The fraction of sp³-hybridized carbons (Fsp3) is 0.379. The Morgan fingerprint density at radius 3 is 2.33 bits per heavy atom. The number of hydrogen-bond acceptors (Lipinski definition) is 8. The van der Waals surface area contributed by atoms with Crippen LogP contribution in [0, 0.1) is 11.3 Å². The van der Waals surface area contributed by atoms with Gasteiger partial charge in [-0.1, -0.05) is 23.9 Å².